The molecule has 0 atom stereocenters. The second kappa shape index (κ2) is 6.64. The third-order valence-corrected chi connectivity index (χ3v) is 4.61. The van der Waals surface area contributed by atoms with Crippen molar-refractivity contribution in [2.75, 3.05) is 24.3 Å². The summed E-state index contributed by atoms with van der Waals surface area (Å²) in [6.07, 6.45) is 3.64. The molecule has 4 rings (SSSR count). The van der Waals surface area contributed by atoms with Gasteiger partial charge in [-0.25, -0.2) is 9.78 Å². The van der Waals surface area contributed by atoms with Gasteiger partial charge in [-0.2, -0.15) is 0 Å². The first-order valence-corrected chi connectivity index (χ1v) is 8.54. The number of imide groups is 1. The Labute approximate surface area is 155 Å². The molecule has 1 aromatic carbocycles. The minimum atomic E-state index is -0.360. The lowest BCUT2D eigenvalue weighted by atomic mass is 10.2. The number of aromatic nitrogens is 2. The normalized spacial score (nSPS) is 14.9. The van der Waals surface area contributed by atoms with Gasteiger partial charge in [0, 0.05) is 30.9 Å². The maximum atomic E-state index is 13.0. The van der Waals surface area contributed by atoms with Crippen LogP contribution in [0.4, 0.5) is 16.3 Å². The molecule has 0 unspecified atom stereocenters. The largest absolute Gasteiger partial charge is 0.497 e. The van der Waals surface area contributed by atoms with Gasteiger partial charge in [-0.15, -0.1) is 0 Å². The van der Waals surface area contributed by atoms with Crippen molar-refractivity contribution in [3.63, 3.8) is 0 Å². The SMILES string of the molecule is COc1ccc(CN2C(=O)CCN(c3cnc4cc(N)ccn34)C2=O)cc1. The Kier molecular flexibility index (Phi) is 4.15. The molecule has 1 saturated heterocycles. The summed E-state index contributed by atoms with van der Waals surface area (Å²) in [5, 5.41) is 0. The number of urea groups is 1. The van der Waals surface area contributed by atoms with E-state index in [-0.39, 0.29) is 24.9 Å². The fourth-order valence-corrected chi connectivity index (χ4v) is 3.16. The zero-order valence-corrected chi connectivity index (χ0v) is 14.8. The molecule has 0 bridgehead atoms. The third-order valence-electron chi connectivity index (χ3n) is 4.61. The Morgan fingerprint density at radius 2 is 1.96 bits per heavy atom. The number of pyridine rings is 1. The molecule has 1 fully saturated rings. The molecule has 138 valence electrons. The molecule has 0 aliphatic carbocycles. The van der Waals surface area contributed by atoms with Crippen molar-refractivity contribution in [3.05, 3.63) is 54.4 Å². The Hall–Kier alpha value is -3.55. The summed E-state index contributed by atoms with van der Waals surface area (Å²) in [5.41, 5.74) is 7.89. The van der Waals surface area contributed by atoms with Crippen LogP contribution in [0.15, 0.2) is 48.8 Å². The minimum Gasteiger partial charge on any atom is -0.497 e. The quantitative estimate of drug-likeness (QED) is 0.766. The lowest BCUT2D eigenvalue weighted by Gasteiger charge is -2.33. The van der Waals surface area contributed by atoms with E-state index in [9.17, 15) is 9.59 Å². The number of benzene rings is 1. The summed E-state index contributed by atoms with van der Waals surface area (Å²) in [7, 11) is 1.59. The van der Waals surface area contributed by atoms with Crippen LogP contribution in [-0.2, 0) is 11.3 Å². The zero-order valence-electron chi connectivity index (χ0n) is 14.8. The standard InChI is InChI=1S/C19H19N5O3/c1-27-15-4-2-13(3-5-15)12-24-18(25)7-9-23(19(24)26)17-11-21-16-10-14(20)6-8-22(16)17/h2-6,8,10-11H,7,9,12,20H2,1H3. The molecule has 3 amide bonds. The molecule has 8 nitrogen and oxygen atoms in total. The number of methoxy groups -OCH3 is 1. The number of anilines is 2. The van der Waals surface area contributed by atoms with E-state index in [4.69, 9.17) is 10.5 Å². The van der Waals surface area contributed by atoms with Gasteiger partial charge in [0.25, 0.3) is 0 Å². The van der Waals surface area contributed by atoms with Crippen LogP contribution in [0.2, 0.25) is 0 Å². The Morgan fingerprint density at radius 3 is 2.70 bits per heavy atom. The topological polar surface area (TPSA) is 93.2 Å². The minimum absolute atomic E-state index is 0.190. The Bertz CT molecular complexity index is 1010. The fraction of sp³-hybridized carbons (Fsp3) is 0.211. The summed E-state index contributed by atoms with van der Waals surface area (Å²) in [6.45, 7) is 0.525. The van der Waals surface area contributed by atoms with E-state index in [2.05, 4.69) is 4.98 Å². The zero-order chi connectivity index (χ0) is 19.0. The number of amides is 3. The predicted octanol–water partition coefficient (Wildman–Crippen LogP) is 2.28. The molecular weight excluding hydrogens is 346 g/mol. The van der Waals surface area contributed by atoms with Gasteiger partial charge in [-0.3, -0.25) is 19.0 Å². The first-order chi connectivity index (χ1) is 13.1. The van der Waals surface area contributed by atoms with Gasteiger partial charge in [0.05, 0.1) is 19.9 Å². The number of nitrogens with zero attached hydrogens (tertiary/aromatic N) is 4. The van der Waals surface area contributed by atoms with E-state index >= 15 is 0 Å². The Morgan fingerprint density at radius 1 is 1.19 bits per heavy atom. The lowest BCUT2D eigenvalue weighted by Crippen LogP contribution is -2.52. The molecule has 1 aliphatic heterocycles. The van der Waals surface area contributed by atoms with Crippen LogP contribution in [0.1, 0.15) is 12.0 Å². The fourth-order valence-electron chi connectivity index (χ4n) is 3.16. The van der Waals surface area contributed by atoms with E-state index in [1.165, 1.54) is 4.90 Å². The highest BCUT2D eigenvalue weighted by Crippen LogP contribution is 2.24. The first kappa shape index (κ1) is 16.9. The van der Waals surface area contributed by atoms with Crippen LogP contribution in [0.5, 0.6) is 5.75 Å². The van der Waals surface area contributed by atoms with Gasteiger partial charge in [-0.1, -0.05) is 12.1 Å². The number of ether oxygens (including phenoxy) is 1. The number of hydrogen-bond donors (Lipinski definition) is 1. The van der Waals surface area contributed by atoms with Crippen LogP contribution >= 0.6 is 0 Å². The first-order valence-electron chi connectivity index (χ1n) is 8.54. The molecule has 2 aromatic heterocycles. The number of imidazole rings is 1. The van der Waals surface area contributed by atoms with E-state index in [0.717, 1.165) is 11.3 Å². The van der Waals surface area contributed by atoms with E-state index in [0.29, 0.717) is 23.7 Å². The Balaban J connectivity index is 1.61. The van der Waals surface area contributed by atoms with Crippen molar-refractivity contribution in [3.8, 4) is 5.75 Å². The van der Waals surface area contributed by atoms with Crippen LogP contribution in [0, 0.1) is 0 Å². The average Bonchev–Trinajstić information content (AvgIpc) is 3.08. The number of carbonyl (C=O) groups excluding carboxylic acids is 2. The van der Waals surface area contributed by atoms with Crippen molar-refractivity contribution < 1.29 is 14.3 Å². The molecule has 3 aromatic rings. The maximum Gasteiger partial charge on any atom is 0.332 e. The number of fused-ring (bicyclic) bond motifs is 1. The van der Waals surface area contributed by atoms with Crippen molar-refractivity contribution in [2.45, 2.75) is 13.0 Å². The van der Waals surface area contributed by atoms with Crippen LogP contribution in [-0.4, -0.2) is 39.9 Å². The highest BCUT2D eigenvalue weighted by Gasteiger charge is 2.34. The van der Waals surface area contributed by atoms with Crippen molar-refractivity contribution in [1.29, 1.82) is 0 Å². The van der Waals surface area contributed by atoms with E-state index < -0.39 is 0 Å². The molecule has 0 radical (unpaired) electrons. The lowest BCUT2D eigenvalue weighted by molar-refractivity contribution is -0.129. The highest BCUT2D eigenvalue weighted by molar-refractivity contribution is 6.05. The molecular formula is C19H19N5O3. The average molecular weight is 365 g/mol. The van der Waals surface area contributed by atoms with Crippen molar-refractivity contribution >= 4 is 29.1 Å². The highest BCUT2D eigenvalue weighted by atomic mass is 16.5. The van der Waals surface area contributed by atoms with Crippen LogP contribution < -0.4 is 15.4 Å². The molecule has 0 saturated carbocycles. The summed E-state index contributed by atoms with van der Waals surface area (Å²) in [6, 6.07) is 10.4. The van der Waals surface area contributed by atoms with Gasteiger partial charge >= 0.3 is 6.03 Å². The summed E-state index contributed by atoms with van der Waals surface area (Å²) >= 11 is 0. The number of nitrogen functional groups attached to an aromatic ring is 1. The second-order valence-electron chi connectivity index (χ2n) is 6.32. The van der Waals surface area contributed by atoms with Gasteiger partial charge in [0.1, 0.15) is 17.2 Å². The monoisotopic (exact) mass is 365 g/mol. The predicted molar refractivity (Wildman–Crippen MR) is 101 cm³/mol. The van der Waals surface area contributed by atoms with Crippen LogP contribution in [0.3, 0.4) is 0 Å². The van der Waals surface area contributed by atoms with Gasteiger partial charge in [-0.05, 0) is 23.8 Å². The van der Waals surface area contributed by atoms with Crippen molar-refractivity contribution in [1.82, 2.24) is 14.3 Å². The van der Waals surface area contributed by atoms with Crippen molar-refractivity contribution in [2.24, 2.45) is 0 Å². The molecule has 27 heavy (non-hydrogen) atoms. The third kappa shape index (κ3) is 3.05. The molecule has 1 aliphatic rings. The van der Waals surface area contributed by atoms with Gasteiger partial charge in [0.2, 0.25) is 5.91 Å². The number of hydrogen-bond acceptors (Lipinski definition) is 5. The summed E-state index contributed by atoms with van der Waals surface area (Å²) in [5.74, 6) is 1.15. The second-order valence-corrected chi connectivity index (χ2v) is 6.32. The molecule has 8 heteroatoms. The van der Waals surface area contributed by atoms with E-state index in [1.54, 1.807) is 53.1 Å². The number of carbonyl (C=O) groups is 2. The van der Waals surface area contributed by atoms with Crippen LogP contribution in [0.25, 0.3) is 5.65 Å². The maximum absolute atomic E-state index is 13.0. The molecule has 0 spiro atoms. The summed E-state index contributed by atoms with van der Waals surface area (Å²) in [4.78, 5) is 32.5. The molecule has 3 heterocycles. The smallest absolute Gasteiger partial charge is 0.332 e. The number of rotatable bonds is 4. The summed E-state index contributed by atoms with van der Waals surface area (Å²) < 4.78 is 6.93. The molecule has 2 N–H and O–H groups in total. The number of nitrogens with two attached hydrogens (primary N) is 1. The van der Waals surface area contributed by atoms with Gasteiger partial charge in [0.15, 0.2) is 0 Å². The van der Waals surface area contributed by atoms with E-state index in [1.807, 2.05) is 12.1 Å². The van der Waals surface area contributed by atoms with Gasteiger partial charge < -0.3 is 10.5 Å².